The number of amides is 2. The number of nitrogens with zero attached hydrogens (tertiary/aromatic N) is 3. The van der Waals surface area contributed by atoms with E-state index in [1.54, 1.807) is 13.0 Å². The molecule has 0 unspecified atom stereocenters. The third kappa shape index (κ3) is 4.82. The largest absolute Gasteiger partial charge is 0.416 e. The number of aryl methyl sites for hydroxylation is 1. The Morgan fingerprint density at radius 2 is 1.78 bits per heavy atom. The summed E-state index contributed by atoms with van der Waals surface area (Å²) in [6.07, 6.45) is -3.20. The van der Waals surface area contributed by atoms with Crippen molar-refractivity contribution in [3.8, 4) is 5.69 Å². The fourth-order valence-corrected chi connectivity index (χ4v) is 3.26. The minimum absolute atomic E-state index is 0.187. The second-order valence-electron chi connectivity index (χ2n) is 7.56. The van der Waals surface area contributed by atoms with Crippen LogP contribution in [0.1, 0.15) is 32.7 Å². The van der Waals surface area contributed by atoms with Crippen molar-refractivity contribution in [1.29, 1.82) is 0 Å². The maximum atomic E-state index is 13.0. The molecule has 6 nitrogen and oxygen atoms in total. The number of hydrogen-bond donors (Lipinski definition) is 1. The predicted molar refractivity (Wildman–Crippen MR) is 115 cm³/mol. The van der Waals surface area contributed by atoms with Gasteiger partial charge < -0.3 is 10.2 Å². The van der Waals surface area contributed by atoms with Crippen molar-refractivity contribution in [3.63, 3.8) is 0 Å². The van der Waals surface area contributed by atoms with Gasteiger partial charge in [-0.25, -0.2) is 4.68 Å². The molecule has 1 N–H and O–H groups in total. The van der Waals surface area contributed by atoms with E-state index < -0.39 is 17.6 Å². The van der Waals surface area contributed by atoms with Gasteiger partial charge in [-0.15, -0.1) is 0 Å². The third-order valence-electron chi connectivity index (χ3n) is 5.26. The van der Waals surface area contributed by atoms with Crippen LogP contribution in [0.3, 0.4) is 0 Å². The fourth-order valence-electron chi connectivity index (χ4n) is 3.26. The molecule has 0 aliphatic rings. The van der Waals surface area contributed by atoms with Gasteiger partial charge in [0, 0.05) is 12.7 Å². The minimum atomic E-state index is -4.49. The van der Waals surface area contributed by atoms with E-state index in [1.165, 1.54) is 35.0 Å². The fraction of sp³-hybridized carbons (Fsp3) is 0.261. The lowest BCUT2D eigenvalue weighted by Gasteiger charge is -2.18. The first kappa shape index (κ1) is 23.1. The summed E-state index contributed by atoms with van der Waals surface area (Å²) in [6, 6.07) is 10.2. The molecule has 2 amide bonds. The molecular weight excluding hydrogens is 421 g/mol. The summed E-state index contributed by atoms with van der Waals surface area (Å²) in [4.78, 5) is 26.5. The number of anilines is 1. The molecule has 0 saturated heterocycles. The minimum Gasteiger partial charge on any atom is -0.332 e. The Kier molecular flexibility index (Phi) is 6.38. The molecule has 1 heterocycles. The summed E-state index contributed by atoms with van der Waals surface area (Å²) in [5, 5.41) is 6.88. The summed E-state index contributed by atoms with van der Waals surface area (Å²) in [5.74, 6) is -0.825. The molecule has 0 fully saturated rings. The number of alkyl halides is 3. The lowest BCUT2D eigenvalue weighted by molar-refractivity contribution is -0.137. The normalized spacial score (nSPS) is 11.3. The predicted octanol–water partition coefficient (Wildman–Crippen LogP) is 4.53. The van der Waals surface area contributed by atoms with E-state index in [0.717, 1.165) is 23.3 Å². The first-order valence-corrected chi connectivity index (χ1v) is 9.83. The highest BCUT2D eigenvalue weighted by Gasteiger charge is 2.31. The zero-order chi connectivity index (χ0) is 23.6. The number of hydrogen-bond acceptors (Lipinski definition) is 3. The topological polar surface area (TPSA) is 67.2 Å². The van der Waals surface area contributed by atoms with Crippen LogP contribution in [0.15, 0.2) is 48.7 Å². The molecule has 32 heavy (non-hydrogen) atoms. The van der Waals surface area contributed by atoms with E-state index in [-0.39, 0.29) is 23.7 Å². The summed E-state index contributed by atoms with van der Waals surface area (Å²) >= 11 is 0. The quantitative estimate of drug-likeness (QED) is 0.629. The van der Waals surface area contributed by atoms with E-state index in [0.29, 0.717) is 11.4 Å². The Bertz CT molecular complexity index is 1170. The van der Waals surface area contributed by atoms with Crippen molar-refractivity contribution in [1.82, 2.24) is 14.7 Å². The molecule has 3 aromatic rings. The van der Waals surface area contributed by atoms with Gasteiger partial charge in [-0.05, 0) is 56.2 Å². The van der Waals surface area contributed by atoms with Crippen LogP contribution in [-0.2, 0) is 11.0 Å². The van der Waals surface area contributed by atoms with Crippen LogP contribution in [0.5, 0.6) is 0 Å². The van der Waals surface area contributed by atoms with Crippen LogP contribution in [0, 0.1) is 20.8 Å². The Morgan fingerprint density at radius 3 is 2.47 bits per heavy atom. The summed E-state index contributed by atoms with van der Waals surface area (Å²) in [7, 11) is 1.48. The van der Waals surface area contributed by atoms with E-state index in [4.69, 9.17) is 0 Å². The van der Waals surface area contributed by atoms with Crippen LogP contribution in [0.2, 0.25) is 0 Å². The average Bonchev–Trinajstić information content (AvgIpc) is 3.11. The van der Waals surface area contributed by atoms with Gasteiger partial charge in [-0.3, -0.25) is 9.59 Å². The zero-order valence-electron chi connectivity index (χ0n) is 18.1. The standard InChI is InChI=1S/C23H23F3N4O2/c1-14-7-5-10-20(15(14)2)28-21(31)13-29(4)22(32)19-12-27-30(16(19)3)18-9-6-8-17(11-18)23(24,25)26/h5-12H,13H2,1-4H3,(H,28,31). The van der Waals surface area contributed by atoms with Gasteiger partial charge in [-0.1, -0.05) is 18.2 Å². The summed E-state index contributed by atoms with van der Waals surface area (Å²) < 4.78 is 40.3. The van der Waals surface area contributed by atoms with Gasteiger partial charge in [0.2, 0.25) is 5.91 Å². The molecular formula is C23H23F3N4O2. The van der Waals surface area contributed by atoms with E-state index in [2.05, 4.69) is 10.4 Å². The first-order valence-electron chi connectivity index (χ1n) is 9.83. The second-order valence-corrected chi connectivity index (χ2v) is 7.56. The molecule has 3 rings (SSSR count). The molecule has 2 aromatic carbocycles. The van der Waals surface area contributed by atoms with Crippen molar-refractivity contribution in [2.75, 3.05) is 18.9 Å². The number of aromatic nitrogens is 2. The molecule has 0 atom stereocenters. The van der Waals surface area contributed by atoms with Gasteiger partial charge in [-0.2, -0.15) is 18.3 Å². The highest BCUT2D eigenvalue weighted by molar-refractivity contribution is 6.00. The maximum Gasteiger partial charge on any atom is 0.416 e. The molecule has 0 aliphatic heterocycles. The number of halogens is 3. The van der Waals surface area contributed by atoms with E-state index in [9.17, 15) is 22.8 Å². The molecule has 0 saturated carbocycles. The van der Waals surface area contributed by atoms with Gasteiger partial charge >= 0.3 is 6.18 Å². The summed E-state index contributed by atoms with van der Waals surface area (Å²) in [6.45, 7) is 5.22. The van der Waals surface area contributed by atoms with Crippen molar-refractivity contribution < 1.29 is 22.8 Å². The molecule has 0 bridgehead atoms. The molecule has 1 aromatic heterocycles. The monoisotopic (exact) mass is 444 g/mol. The zero-order valence-corrected chi connectivity index (χ0v) is 18.1. The van der Waals surface area contributed by atoms with E-state index in [1.807, 2.05) is 26.0 Å². The van der Waals surface area contributed by atoms with Gasteiger partial charge in [0.1, 0.15) is 0 Å². The Morgan fingerprint density at radius 1 is 1.09 bits per heavy atom. The van der Waals surface area contributed by atoms with Gasteiger partial charge in [0.15, 0.2) is 0 Å². The second kappa shape index (κ2) is 8.86. The van der Waals surface area contributed by atoms with Crippen molar-refractivity contribution in [2.45, 2.75) is 26.9 Å². The van der Waals surface area contributed by atoms with Gasteiger partial charge in [0.05, 0.1) is 35.2 Å². The van der Waals surface area contributed by atoms with E-state index >= 15 is 0 Å². The summed E-state index contributed by atoms with van der Waals surface area (Å²) in [5.41, 5.74) is 2.59. The van der Waals surface area contributed by atoms with Crippen LogP contribution >= 0.6 is 0 Å². The highest BCUT2D eigenvalue weighted by Crippen LogP contribution is 2.30. The lowest BCUT2D eigenvalue weighted by atomic mass is 10.1. The smallest absolute Gasteiger partial charge is 0.332 e. The van der Waals surface area contributed by atoms with Gasteiger partial charge in [0.25, 0.3) is 5.91 Å². The van der Waals surface area contributed by atoms with Crippen molar-refractivity contribution in [2.24, 2.45) is 0 Å². The molecule has 0 radical (unpaired) electrons. The van der Waals surface area contributed by atoms with Crippen LogP contribution in [0.25, 0.3) is 5.69 Å². The SMILES string of the molecule is Cc1cccc(NC(=O)CN(C)C(=O)c2cnn(-c3cccc(C(F)(F)F)c3)c2C)c1C. The molecule has 168 valence electrons. The number of carbonyl (C=O) groups is 2. The third-order valence-corrected chi connectivity index (χ3v) is 5.26. The number of benzene rings is 2. The number of rotatable bonds is 5. The Hall–Kier alpha value is -3.62. The Balaban J connectivity index is 1.75. The number of likely N-dealkylation sites (N-methyl/N-ethyl adjacent to an activating group) is 1. The highest BCUT2D eigenvalue weighted by atomic mass is 19.4. The molecule has 0 spiro atoms. The molecule has 9 heteroatoms. The Labute approximate surface area is 183 Å². The van der Waals surface area contributed by atoms with Crippen molar-refractivity contribution >= 4 is 17.5 Å². The number of nitrogens with one attached hydrogen (secondary N) is 1. The van der Waals surface area contributed by atoms with Crippen LogP contribution in [-0.4, -0.2) is 40.1 Å². The maximum absolute atomic E-state index is 13.0. The first-order chi connectivity index (χ1) is 15.0. The lowest BCUT2D eigenvalue weighted by Crippen LogP contribution is -2.35. The van der Waals surface area contributed by atoms with Crippen molar-refractivity contribution in [3.05, 3.63) is 76.6 Å². The molecule has 0 aliphatic carbocycles. The van der Waals surface area contributed by atoms with Crippen LogP contribution in [0.4, 0.5) is 18.9 Å². The average molecular weight is 444 g/mol. The number of carbonyl (C=O) groups excluding carboxylic acids is 2. The van der Waals surface area contributed by atoms with Crippen LogP contribution < -0.4 is 5.32 Å².